The minimum absolute atomic E-state index is 0.321. The van der Waals surface area contributed by atoms with Crippen molar-refractivity contribution in [2.45, 2.75) is 19.4 Å². The molecule has 1 amide bonds. The van der Waals surface area contributed by atoms with E-state index in [1.807, 2.05) is 49.2 Å². The Bertz CT molecular complexity index is 629. The number of aromatic nitrogens is 2. The Hall–Kier alpha value is -1.82. The first-order valence-electron chi connectivity index (χ1n) is 6.03. The number of nitrogens with zero attached hydrogens (tertiary/aromatic N) is 3. The first-order chi connectivity index (χ1) is 8.99. The normalized spacial score (nSPS) is 17.8. The van der Waals surface area contributed by atoms with E-state index >= 15 is 0 Å². The van der Waals surface area contributed by atoms with Crippen LogP contribution in [-0.2, 0) is 11.8 Å². The standard InChI is InChI=1S/C13H15N3O2S/c1-13(2)8-18-12(17)16(13)11-14-9(7-19-11)10-5-4-6-15(10)3/h4-7H,8H2,1-3H3. The Kier molecular flexibility index (Phi) is 2.63. The minimum atomic E-state index is -0.347. The summed E-state index contributed by atoms with van der Waals surface area (Å²) in [4.78, 5) is 18.0. The lowest BCUT2D eigenvalue weighted by Gasteiger charge is -2.24. The number of anilines is 1. The molecule has 6 heteroatoms. The summed E-state index contributed by atoms with van der Waals surface area (Å²) in [7, 11) is 1.97. The number of cyclic esters (lactones) is 1. The highest BCUT2D eigenvalue weighted by Crippen LogP contribution is 2.34. The van der Waals surface area contributed by atoms with Gasteiger partial charge >= 0.3 is 6.09 Å². The summed E-state index contributed by atoms with van der Waals surface area (Å²) in [6.45, 7) is 4.34. The summed E-state index contributed by atoms with van der Waals surface area (Å²) in [6.07, 6.45) is 1.65. The number of ether oxygens (including phenoxy) is 1. The maximum Gasteiger partial charge on any atom is 0.416 e. The van der Waals surface area contributed by atoms with E-state index < -0.39 is 0 Å². The van der Waals surface area contributed by atoms with E-state index in [1.165, 1.54) is 11.3 Å². The molecule has 2 aromatic heterocycles. The van der Waals surface area contributed by atoms with E-state index in [1.54, 1.807) is 4.90 Å². The Balaban J connectivity index is 1.98. The summed E-state index contributed by atoms with van der Waals surface area (Å²) >= 11 is 1.46. The highest BCUT2D eigenvalue weighted by atomic mass is 32.1. The van der Waals surface area contributed by atoms with Gasteiger partial charge in [0.1, 0.15) is 6.61 Å². The summed E-state index contributed by atoms with van der Waals surface area (Å²) in [6, 6.07) is 3.98. The van der Waals surface area contributed by atoms with Crippen molar-refractivity contribution in [2.24, 2.45) is 7.05 Å². The topological polar surface area (TPSA) is 47.4 Å². The van der Waals surface area contributed by atoms with Crippen molar-refractivity contribution >= 4 is 22.6 Å². The number of thiazole rings is 1. The number of carbonyl (C=O) groups excluding carboxylic acids is 1. The smallest absolute Gasteiger partial charge is 0.416 e. The van der Waals surface area contributed by atoms with Crippen molar-refractivity contribution in [1.82, 2.24) is 9.55 Å². The number of aryl methyl sites for hydroxylation is 1. The van der Waals surface area contributed by atoms with Gasteiger partial charge in [-0.2, -0.15) is 0 Å². The fourth-order valence-electron chi connectivity index (χ4n) is 2.16. The lowest BCUT2D eigenvalue weighted by Crippen LogP contribution is -2.42. The largest absolute Gasteiger partial charge is 0.447 e. The maximum atomic E-state index is 11.8. The van der Waals surface area contributed by atoms with Crippen molar-refractivity contribution < 1.29 is 9.53 Å². The van der Waals surface area contributed by atoms with Crippen molar-refractivity contribution in [1.29, 1.82) is 0 Å². The average Bonchev–Trinajstić information content (AvgIpc) is 3.00. The fourth-order valence-corrected chi connectivity index (χ4v) is 3.13. The molecule has 1 saturated heterocycles. The van der Waals surface area contributed by atoms with Gasteiger partial charge in [-0.05, 0) is 26.0 Å². The van der Waals surface area contributed by atoms with Crippen LogP contribution in [0.15, 0.2) is 23.7 Å². The molecular weight excluding hydrogens is 262 g/mol. The van der Waals surface area contributed by atoms with Crippen LogP contribution in [0.5, 0.6) is 0 Å². The third-order valence-electron chi connectivity index (χ3n) is 3.23. The van der Waals surface area contributed by atoms with Gasteiger partial charge < -0.3 is 9.30 Å². The second kappa shape index (κ2) is 4.09. The third-order valence-corrected chi connectivity index (χ3v) is 4.05. The van der Waals surface area contributed by atoms with Crippen LogP contribution in [0.4, 0.5) is 9.93 Å². The van der Waals surface area contributed by atoms with Crippen LogP contribution in [-0.4, -0.2) is 27.8 Å². The molecule has 0 radical (unpaired) electrons. The Labute approximate surface area is 115 Å². The zero-order valence-electron chi connectivity index (χ0n) is 11.1. The van der Waals surface area contributed by atoms with E-state index in [-0.39, 0.29) is 11.6 Å². The average molecular weight is 277 g/mol. The van der Waals surface area contributed by atoms with Crippen molar-refractivity contribution in [3.05, 3.63) is 23.7 Å². The van der Waals surface area contributed by atoms with Crippen LogP contribution in [0.1, 0.15) is 13.8 Å². The molecule has 0 aliphatic carbocycles. The molecule has 0 atom stereocenters. The van der Waals surface area contributed by atoms with Gasteiger partial charge in [0.2, 0.25) is 0 Å². The molecule has 0 unspecified atom stereocenters. The van der Waals surface area contributed by atoms with Crippen LogP contribution >= 0.6 is 11.3 Å². The molecule has 1 fully saturated rings. The summed E-state index contributed by atoms with van der Waals surface area (Å²) in [5.74, 6) is 0. The second-order valence-corrected chi connectivity index (χ2v) is 6.06. The SMILES string of the molecule is Cn1cccc1-c1csc(N2C(=O)OCC2(C)C)n1. The zero-order chi connectivity index (χ0) is 13.6. The maximum absolute atomic E-state index is 11.8. The molecule has 19 heavy (non-hydrogen) atoms. The molecule has 0 saturated carbocycles. The quantitative estimate of drug-likeness (QED) is 0.848. The first kappa shape index (κ1) is 12.2. The van der Waals surface area contributed by atoms with E-state index in [4.69, 9.17) is 4.74 Å². The Morgan fingerprint density at radius 3 is 2.84 bits per heavy atom. The number of hydrogen-bond donors (Lipinski definition) is 0. The van der Waals surface area contributed by atoms with Gasteiger partial charge in [0.05, 0.1) is 16.9 Å². The highest BCUT2D eigenvalue weighted by Gasteiger charge is 2.42. The molecule has 0 bridgehead atoms. The van der Waals surface area contributed by atoms with Gasteiger partial charge in [-0.1, -0.05) is 0 Å². The lowest BCUT2D eigenvalue weighted by atomic mass is 10.1. The summed E-state index contributed by atoms with van der Waals surface area (Å²) in [5, 5.41) is 2.65. The van der Waals surface area contributed by atoms with Crippen LogP contribution in [0.2, 0.25) is 0 Å². The van der Waals surface area contributed by atoms with Gasteiger partial charge in [0.15, 0.2) is 5.13 Å². The van der Waals surface area contributed by atoms with E-state index in [2.05, 4.69) is 4.98 Å². The number of carbonyl (C=O) groups is 1. The highest BCUT2D eigenvalue weighted by molar-refractivity contribution is 7.14. The third kappa shape index (κ3) is 1.92. The van der Waals surface area contributed by atoms with Crippen molar-refractivity contribution in [3.63, 3.8) is 0 Å². The van der Waals surface area contributed by atoms with Crippen LogP contribution in [0.25, 0.3) is 11.4 Å². The fraction of sp³-hybridized carbons (Fsp3) is 0.385. The summed E-state index contributed by atoms with van der Waals surface area (Å²) < 4.78 is 7.11. The van der Waals surface area contributed by atoms with Crippen molar-refractivity contribution in [3.8, 4) is 11.4 Å². The molecule has 100 valence electrons. The lowest BCUT2D eigenvalue weighted by molar-refractivity contribution is 0.175. The van der Waals surface area contributed by atoms with Gasteiger partial charge in [0, 0.05) is 18.6 Å². The predicted molar refractivity (Wildman–Crippen MR) is 74.4 cm³/mol. The molecule has 1 aliphatic rings. The molecule has 5 nitrogen and oxygen atoms in total. The summed E-state index contributed by atoms with van der Waals surface area (Å²) in [5.41, 5.74) is 1.57. The molecule has 0 N–H and O–H groups in total. The number of amides is 1. The van der Waals surface area contributed by atoms with Crippen LogP contribution in [0, 0.1) is 0 Å². The van der Waals surface area contributed by atoms with Gasteiger partial charge in [0.25, 0.3) is 0 Å². The number of hydrogen-bond acceptors (Lipinski definition) is 4. The minimum Gasteiger partial charge on any atom is -0.447 e. The molecular formula is C13H15N3O2S. The van der Waals surface area contributed by atoms with Gasteiger partial charge in [-0.3, -0.25) is 0 Å². The second-order valence-electron chi connectivity index (χ2n) is 5.22. The predicted octanol–water partition coefficient (Wildman–Crippen LogP) is 2.88. The Morgan fingerprint density at radius 2 is 2.26 bits per heavy atom. The monoisotopic (exact) mass is 277 g/mol. The van der Waals surface area contributed by atoms with Crippen LogP contribution < -0.4 is 4.90 Å². The molecule has 3 rings (SSSR count). The van der Waals surface area contributed by atoms with Crippen molar-refractivity contribution in [2.75, 3.05) is 11.5 Å². The molecule has 2 aromatic rings. The van der Waals surface area contributed by atoms with Crippen LogP contribution in [0.3, 0.4) is 0 Å². The Morgan fingerprint density at radius 1 is 1.47 bits per heavy atom. The molecule has 0 aromatic carbocycles. The number of rotatable bonds is 2. The van der Waals surface area contributed by atoms with Gasteiger partial charge in [-0.25, -0.2) is 14.7 Å². The molecule has 0 spiro atoms. The van der Waals surface area contributed by atoms with E-state index in [0.717, 1.165) is 11.4 Å². The molecule has 3 heterocycles. The van der Waals surface area contributed by atoms with Gasteiger partial charge in [-0.15, -0.1) is 11.3 Å². The molecule has 1 aliphatic heterocycles. The zero-order valence-corrected chi connectivity index (χ0v) is 11.9. The first-order valence-corrected chi connectivity index (χ1v) is 6.91. The van der Waals surface area contributed by atoms with E-state index in [0.29, 0.717) is 11.7 Å². The van der Waals surface area contributed by atoms with E-state index in [9.17, 15) is 4.79 Å².